The van der Waals surface area contributed by atoms with Crippen molar-refractivity contribution in [1.82, 2.24) is 4.98 Å². The molecule has 0 amide bonds. The molecule has 7 heteroatoms. The van der Waals surface area contributed by atoms with Gasteiger partial charge < -0.3 is 9.52 Å². The van der Waals surface area contributed by atoms with E-state index >= 15 is 0 Å². The minimum absolute atomic E-state index is 0.0728. The summed E-state index contributed by atoms with van der Waals surface area (Å²) in [5.74, 6) is -1.60. The third-order valence-corrected chi connectivity index (χ3v) is 4.10. The van der Waals surface area contributed by atoms with E-state index in [-0.39, 0.29) is 21.0 Å². The lowest BCUT2D eigenvalue weighted by Gasteiger charge is -1.99. The first-order chi connectivity index (χ1) is 9.95. The van der Waals surface area contributed by atoms with Crippen LogP contribution in [0.2, 0.25) is 0 Å². The zero-order valence-corrected chi connectivity index (χ0v) is 11.5. The Morgan fingerprint density at radius 3 is 2.81 bits per heavy atom. The molecule has 0 saturated carbocycles. The Morgan fingerprint density at radius 2 is 2.14 bits per heavy atom. The second-order valence-corrected chi connectivity index (χ2v) is 5.37. The molecule has 0 bridgehead atoms. The van der Waals surface area contributed by atoms with Gasteiger partial charge in [0.15, 0.2) is 0 Å². The Balaban J connectivity index is 2.23. The third kappa shape index (κ3) is 2.31. The van der Waals surface area contributed by atoms with E-state index in [9.17, 15) is 14.0 Å². The Morgan fingerprint density at radius 1 is 1.38 bits per heavy atom. The molecule has 3 rings (SSSR count). The summed E-state index contributed by atoms with van der Waals surface area (Å²) < 4.78 is 18.2. The van der Waals surface area contributed by atoms with Crippen molar-refractivity contribution < 1.29 is 18.7 Å². The standard InChI is InChI=1S/C14H8FNO4S/c1-6-11(13(17)18)21-12(16-6)9-4-7-2-3-8(15)5-10(7)20-14(9)19/h2-5H,1H3,(H,17,18). The van der Waals surface area contributed by atoms with Crippen LogP contribution in [0.4, 0.5) is 4.39 Å². The largest absolute Gasteiger partial charge is 0.477 e. The van der Waals surface area contributed by atoms with E-state index < -0.39 is 17.4 Å². The number of benzene rings is 1. The summed E-state index contributed by atoms with van der Waals surface area (Å²) >= 11 is 0.902. The molecule has 0 radical (unpaired) electrons. The highest BCUT2D eigenvalue weighted by atomic mass is 32.1. The van der Waals surface area contributed by atoms with Gasteiger partial charge in [-0.3, -0.25) is 0 Å². The lowest BCUT2D eigenvalue weighted by molar-refractivity contribution is 0.0701. The van der Waals surface area contributed by atoms with Gasteiger partial charge in [-0.2, -0.15) is 0 Å². The lowest BCUT2D eigenvalue weighted by Crippen LogP contribution is -2.02. The number of halogens is 1. The second kappa shape index (κ2) is 4.78. The van der Waals surface area contributed by atoms with Gasteiger partial charge in [-0.05, 0) is 25.1 Å². The summed E-state index contributed by atoms with van der Waals surface area (Å²) in [6.07, 6.45) is 0. The molecular weight excluding hydrogens is 297 g/mol. The van der Waals surface area contributed by atoms with Gasteiger partial charge in [0.05, 0.1) is 11.3 Å². The van der Waals surface area contributed by atoms with Crippen LogP contribution < -0.4 is 5.63 Å². The second-order valence-electron chi connectivity index (χ2n) is 4.37. The predicted molar refractivity (Wildman–Crippen MR) is 75.2 cm³/mol. The van der Waals surface area contributed by atoms with E-state index in [1.54, 1.807) is 6.92 Å². The number of aromatic carboxylic acids is 1. The highest BCUT2D eigenvalue weighted by molar-refractivity contribution is 7.17. The fourth-order valence-electron chi connectivity index (χ4n) is 1.94. The van der Waals surface area contributed by atoms with Crippen LogP contribution in [0.5, 0.6) is 0 Å². The normalized spacial score (nSPS) is 11.0. The zero-order chi connectivity index (χ0) is 15.1. The minimum atomic E-state index is -1.09. The van der Waals surface area contributed by atoms with Crippen molar-refractivity contribution in [3.05, 3.63) is 51.1 Å². The van der Waals surface area contributed by atoms with Crippen molar-refractivity contribution in [3.8, 4) is 10.6 Å². The highest BCUT2D eigenvalue weighted by Crippen LogP contribution is 2.28. The highest BCUT2D eigenvalue weighted by Gasteiger charge is 2.18. The number of thiazole rings is 1. The van der Waals surface area contributed by atoms with Gasteiger partial charge in [0.25, 0.3) is 0 Å². The average molecular weight is 305 g/mol. The molecule has 1 aromatic carbocycles. The maximum atomic E-state index is 13.1. The maximum absolute atomic E-state index is 13.1. The van der Waals surface area contributed by atoms with Gasteiger partial charge in [0.2, 0.25) is 0 Å². The van der Waals surface area contributed by atoms with E-state index in [2.05, 4.69) is 4.98 Å². The Bertz CT molecular complexity index is 928. The molecule has 0 aliphatic heterocycles. The smallest absolute Gasteiger partial charge is 0.347 e. The number of hydrogen-bond acceptors (Lipinski definition) is 5. The van der Waals surface area contributed by atoms with Crippen molar-refractivity contribution in [3.63, 3.8) is 0 Å². The number of rotatable bonds is 2. The molecule has 0 spiro atoms. The van der Waals surface area contributed by atoms with Crippen LogP contribution in [0.25, 0.3) is 21.5 Å². The topological polar surface area (TPSA) is 80.4 Å². The van der Waals surface area contributed by atoms with E-state index in [1.165, 1.54) is 18.2 Å². The van der Waals surface area contributed by atoms with Crippen molar-refractivity contribution in [1.29, 1.82) is 0 Å². The maximum Gasteiger partial charge on any atom is 0.347 e. The van der Waals surface area contributed by atoms with E-state index in [1.807, 2.05) is 0 Å². The number of carboxylic acids is 1. The van der Waals surface area contributed by atoms with Gasteiger partial charge in [-0.15, -0.1) is 11.3 Å². The Labute approximate surface area is 121 Å². The van der Waals surface area contributed by atoms with Crippen molar-refractivity contribution in [2.24, 2.45) is 0 Å². The Hall–Kier alpha value is -2.54. The first-order valence-corrected chi connectivity index (χ1v) is 6.72. The molecule has 1 N–H and O–H groups in total. The number of carboxylic acid groups (broad SMARTS) is 1. The number of aromatic nitrogens is 1. The lowest BCUT2D eigenvalue weighted by atomic mass is 10.2. The molecule has 21 heavy (non-hydrogen) atoms. The van der Waals surface area contributed by atoms with Crippen molar-refractivity contribution >= 4 is 28.3 Å². The number of hydrogen-bond donors (Lipinski definition) is 1. The SMILES string of the molecule is Cc1nc(-c2cc3ccc(F)cc3oc2=O)sc1C(=O)O. The average Bonchev–Trinajstić information content (AvgIpc) is 2.80. The number of aryl methyl sites for hydroxylation is 1. The molecule has 3 aromatic rings. The monoisotopic (exact) mass is 305 g/mol. The van der Waals surface area contributed by atoms with Crippen LogP contribution in [0.3, 0.4) is 0 Å². The summed E-state index contributed by atoms with van der Waals surface area (Å²) in [5, 5.41) is 9.83. The molecule has 0 saturated heterocycles. The van der Waals surface area contributed by atoms with E-state index in [4.69, 9.17) is 9.52 Å². The first kappa shape index (κ1) is 13.4. The quantitative estimate of drug-likeness (QED) is 0.736. The molecule has 0 fully saturated rings. The van der Waals surface area contributed by atoms with Crippen molar-refractivity contribution in [2.45, 2.75) is 6.92 Å². The van der Waals surface area contributed by atoms with E-state index in [0.717, 1.165) is 17.4 Å². The van der Waals surface area contributed by atoms with E-state index in [0.29, 0.717) is 11.1 Å². The molecule has 106 valence electrons. The summed E-state index contributed by atoms with van der Waals surface area (Å²) in [7, 11) is 0. The molecular formula is C14H8FNO4S. The zero-order valence-electron chi connectivity index (χ0n) is 10.7. The molecule has 0 aliphatic carbocycles. The van der Waals surface area contributed by atoms with Crippen molar-refractivity contribution in [2.75, 3.05) is 0 Å². The fraction of sp³-hybridized carbons (Fsp3) is 0.0714. The van der Waals surface area contributed by atoms with Crippen LogP contribution in [0.15, 0.2) is 33.5 Å². The van der Waals surface area contributed by atoms with Crippen LogP contribution in [-0.2, 0) is 0 Å². The number of fused-ring (bicyclic) bond motifs is 1. The van der Waals surface area contributed by atoms with Crippen LogP contribution >= 0.6 is 11.3 Å². The van der Waals surface area contributed by atoms with Crippen LogP contribution in [-0.4, -0.2) is 16.1 Å². The molecule has 0 unspecified atom stereocenters. The molecule has 2 aromatic heterocycles. The van der Waals surface area contributed by atoms with Gasteiger partial charge in [-0.1, -0.05) is 0 Å². The van der Waals surface area contributed by atoms with Gasteiger partial charge in [0.1, 0.15) is 21.3 Å². The summed E-state index contributed by atoms with van der Waals surface area (Å²) in [6, 6.07) is 5.37. The number of carbonyl (C=O) groups is 1. The molecule has 0 aliphatic rings. The Kier molecular flexibility index (Phi) is 3.06. The van der Waals surface area contributed by atoms with Crippen LogP contribution in [0.1, 0.15) is 15.4 Å². The van der Waals surface area contributed by atoms with Gasteiger partial charge >= 0.3 is 11.6 Å². The van der Waals surface area contributed by atoms with Gasteiger partial charge in [0, 0.05) is 11.5 Å². The third-order valence-electron chi connectivity index (χ3n) is 2.92. The van der Waals surface area contributed by atoms with Crippen LogP contribution in [0, 0.1) is 12.7 Å². The van der Waals surface area contributed by atoms with Gasteiger partial charge in [-0.25, -0.2) is 19.0 Å². The first-order valence-electron chi connectivity index (χ1n) is 5.90. The molecule has 2 heterocycles. The fourth-order valence-corrected chi connectivity index (χ4v) is 2.85. The summed E-state index contributed by atoms with van der Waals surface area (Å²) in [4.78, 5) is 27.2. The predicted octanol–water partition coefficient (Wildman–Crippen LogP) is 3.06. The summed E-state index contributed by atoms with van der Waals surface area (Å²) in [5.41, 5.74) is -0.0508. The summed E-state index contributed by atoms with van der Waals surface area (Å²) in [6.45, 7) is 1.56. The number of nitrogens with zero attached hydrogens (tertiary/aromatic N) is 1. The minimum Gasteiger partial charge on any atom is -0.477 e. The molecule has 0 atom stereocenters. The molecule has 5 nitrogen and oxygen atoms in total.